The molecule has 1 atom stereocenters. The normalized spacial score (nSPS) is 21.3. The number of nitrogens with one attached hydrogen (secondary N) is 1. The highest BCUT2D eigenvalue weighted by Gasteiger charge is 2.31. The molecule has 124 valence electrons. The Balaban J connectivity index is 1.50. The number of carbonyl (C=O) groups is 2. The first kappa shape index (κ1) is 16.5. The van der Waals surface area contributed by atoms with Crippen LogP contribution in [-0.2, 0) is 9.53 Å². The first-order valence-electron chi connectivity index (χ1n) is 7.85. The van der Waals surface area contributed by atoms with Gasteiger partial charge in [-0.05, 0) is 53.6 Å². The van der Waals surface area contributed by atoms with E-state index in [0.717, 1.165) is 22.1 Å². The molecule has 1 N–H and O–H groups in total. The molecule has 2 heterocycles. The van der Waals surface area contributed by atoms with Gasteiger partial charge in [0.2, 0.25) is 0 Å². The maximum Gasteiger partial charge on any atom is 0.321 e. The summed E-state index contributed by atoms with van der Waals surface area (Å²) in [5, 5.41) is 2.91. The van der Waals surface area contributed by atoms with E-state index in [1.807, 2.05) is 29.2 Å². The third-order valence-corrected chi connectivity index (χ3v) is 4.83. The summed E-state index contributed by atoms with van der Waals surface area (Å²) >= 11 is 2.21. The average molecular weight is 429 g/mol. The Hall–Kier alpha value is -1.35. The van der Waals surface area contributed by atoms with Crippen molar-refractivity contribution in [3.8, 4) is 0 Å². The van der Waals surface area contributed by atoms with Crippen LogP contribution in [0.2, 0.25) is 0 Å². The highest BCUT2D eigenvalue weighted by Crippen LogP contribution is 2.17. The molecule has 3 rings (SSSR count). The van der Waals surface area contributed by atoms with Crippen LogP contribution < -0.4 is 5.32 Å². The predicted octanol–water partition coefficient (Wildman–Crippen LogP) is 2.15. The van der Waals surface area contributed by atoms with E-state index in [2.05, 4.69) is 27.9 Å². The molecule has 1 aromatic carbocycles. The van der Waals surface area contributed by atoms with Crippen molar-refractivity contribution in [1.82, 2.24) is 9.80 Å². The molecule has 2 fully saturated rings. The van der Waals surface area contributed by atoms with Crippen LogP contribution in [0.5, 0.6) is 0 Å². The van der Waals surface area contributed by atoms with Crippen molar-refractivity contribution < 1.29 is 14.3 Å². The maximum atomic E-state index is 12.3. The van der Waals surface area contributed by atoms with E-state index in [0.29, 0.717) is 32.8 Å². The lowest BCUT2D eigenvalue weighted by Crippen LogP contribution is -2.53. The molecule has 2 aliphatic rings. The lowest BCUT2D eigenvalue weighted by atomic mass is 10.2. The second kappa shape index (κ2) is 7.48. The fourth-order valence-electron chi connectivity index (χ4n) is 2.87. The number of anilines is 1. The quantitative estimate of drug-likeness (QED) is 0.734. The van der Waals surface area contributed by atoms with Crippen molar-refractivity contribution in [3.63, 3.8) is 0 Å². The summed E-state index contributed by atoms with van der Waals surface area (Å²) in [6.45, 7) is 2.91. The predicted molar refractivity (Wildman–Crippen MR) is 95.3 cm³/mol. The number of urea groups is 1. The number of benzene rings is 1. The van der Waals surface area contributed by atoms with Gasteiger partial charge < -0.3 is 19.9 Å². The molecule has 0 spiro atoms. The third-order valence-electron chi connectivity index (χ3n) is 4.16. The van der Waals surface area contributed by atoms with Crippen molar-refractivity contribution in [3.05, 3.63) is 27.8 Å². The number of piperazine rings is 1. The van der Waals surface area contributed by atoms with Gasteiger partial charge in [0.05, 0.1) is 0 Å². The third kappa shape index (κ3) is 4.14. The van der Waals surface area contributed by atoms with Crippen molar-refractivity contribution in [2.24, 2.45) is 0 Å². The van der Waals surface area contributed by atoms with Gasteiger partial charge in [-0.25, -0.2) is 4.79 Å². The molecule has 2 aliphatic heterocycles. The fourth-order valence-corrected chi connectivity index (χ4v) is 3.42. The smallest absolute Gasteiger partial charge is 0.321 e. The minimum Gasteiger partial charge on any atom is -0.368 e. The van der Waals surface area contributed by atoms with E-state index in [1.54, 1.807) is 4.90 Å². The molecular formula is C16H20IN3O3. The van der Waals surface area contributed by atoms with Crippen LogP contribution in [0.4, 0.5) is 10.5 Å². The lowest BCUT2D eigenvalue weighted by molar-refractivity contribution is -0.142. The van der Waals surface area contributed by atoms with Crippen LogP contribution in [0, 0.1) is 3.57 Å². The summed E-state index contributed by atoms with van der Waals surface area (Å²) in [5.74, 6) is 0.0696. The Morgan fingerprint density at radius 3 is 2.57 bits per heavy atom. The number of ether oxygens (including phenoxy) is 1. The largest absolute Gasteiger partial charge is 0.368 e. The van der Waals surface area contributed by atoms with Gasteiger partial charge >= 0.3 is 6.03 Å². The molecule has 7 heteroatoms. The highest BCUT2D eigenvalue weighted by atomic mass is 127. The van der Waals surface area contributed by atoms with Gasteiger partial charge in [-0.15, -0.1) is 0 Å². The van der Waals surface area contributed by atoms with Gasteiger partial charge in [-0.1, -0.05) is 6.07 Å². The van der Waals surface area contributed by atoms with E-state index in [-0.39, 0.29) is 18.0 Å². The molecule has 1 unspecified atom stereocenters. The summed E-state index contributed by atoms with van der Waals surface area (Å²) in [6.07, 6.45) is 1.49. The molecule has 3 amide bonds. The number of hydrogen-bond acceptors (Lipinski definition) is 3. The summed E-state index contributed by atoms with van der Waals surface area (Å²) in [6, 6.07) is 7.57. The van der Waals surface area contributed by atoms with Gasteiger partial charge in [0.25, 0.3) is 5.91 Å². The molecule has 0 saturated carbocycles. The van der Waals surface area contributed by atoms with E-state index >= 15 is 0 Å². The van der Waals surface area contributed by atoms with Crippen LogP contribution in [0.3, 0.4) is 0 Å². The zero-order valence-corrected chi connectivity index (χ0v) is 15.0. The molecule has 0 radical (unpaired) electrons. The van der Waals surface area contributed by atoms with Gasteiger partial charge in [-0.3, -0.25) is 4.79 Å². The first-order chi connectivity index (χ1) is 11.1. The number of rotatable bonds is 2. The molecular weight excluding hydrogens is 409 g/mol. The summed E-state index contributed by atoms with van der Waals surface area (Å²) < 4.78 is 6.52. The number of nitrogens with zero attached hydrogens (tertiary/aromatic N) is 2. The molecule has 6 nitrogen and oxygen atoms in total. The SMILES string of the molecule is O=C(Nc1cccc(I)c1)N1CCN(C(=O)C2CCCO2)CC1. The summed E-state index contributed by atoms with van der Waals surface area (Å²) in [4.78, 5) is 28.1. The van der Waals surface area contributed by atoms with Crippen LogP contribution in [0.1, 0.15) is 12.8 Å². The molecule has 23 heavy (non-hydrogen) atoms. The molecule has 1 aromatic rings. The van der Waals surface area contributed by atoms with E-state index in [9.17, 15) is 9.59 Å². The minimum absolute atomic E-state index is 0.0696. The molecule has 2 saturated heterocycles. The van der Waals surface area contributed by atoms with Gasteiger partial charge in [0, 0.05) is 42.0 Å². The number of hydrogen-bond donors (Lipinski definition) is 1. The topological polar surface area (TPSA) is 61.9 Å². The van der Waals surface area contributed by atoms with Crippen LogP contribution >= 0.6 is 22.6 Å². The molecule has 0 aliphatic carbocycles. The van der Waals surface area contributed by atoms with Crippen molar-refractivity contribution in [2.75, 3.05) is 38.1 Å². The van der Waals surface area contributed by atoms with Gasteiger partial charge in [0.15, 0.2) is 0 Å². The lowest BCUT2D eigenvalue weighted by Gasteiger charge is -2.35. The highest BCUT2D eigenvalue weighted by molar-refractivity contribution is 14.1. The zero-order valence-electron chi connectivity index (χ0n) is 12.8. The molecule has 0 bridgehead atoms. The second-order valence-corrected chi connectivity index (χ2v) is 7.00. The summed E-state index contributed by atoms with van der Waals surface area (Å²) in [7, 11) is 0. The van der Waals surface area contributed by atoms with E-state index < -0.39 is 0 Å². The Bertz CT molecular complexity index is 582. The Morgan fingerprint density at radius 2 is 1.91 bits per heavy atom. The standard InChI is InChI=1S/C16H20IN3O3/c17-12-3-1-4-13(11-12)18-16(22)20-8-6-19(7-9-20)15(21)14-5-2-10-23-14/h1,3-4,11,14H,2,5-10H2,(H,18,22). The average Bonchev–Trinajstić information content (AvgIpc) is 3.09. The van der Waals surface area contributed by atoms with Crippen LogP contribution in [0.25, 0.3) is 0 Å². The number of carbonyl (C=O) groups excluding carboxylic acids is 2. The minimum atomic E-state index is -0.276. The fraction of sp³-hybridized carbons (Fsp3) is 0.500. The zero-order chi connectivity index (χ0) is 16.2. The van der Waals surface area contributed by atoms with Crippen LogP contribution in [-0.4, -0.2) is 60.6 Å². The maximum absolute atomic E-state index is 12.3. The Labute approximate surface area is 149 Å². The second-order valence-electron chi connectivity index (χ2n) is 5.75. The van der Waals surface area contributed by atoms with E-state index in [4.69, 9.17) is 4.74 Å². The monoisotopic (exact) mass is 429 g/mol. The number of amides is 3. The van der Waals surface area contributed by atoms with Crippen molar-refractivity contribution >= 4 is 40.2 Å². The Morgan fingerprint density at radius 1 is 1.17 bits per heavy atom. The van der Waals surface area contributed by atoms with Crippen LogP contribution in [0.15, 0.2) is 24.3 Å². The van der Waals surface area contributed by atoms with Crippen molar-refractivity contribution in [2.45, 2.75) is 18.9 Å². The first-order valence-corrected chi connectivity index (χ1v) is 8.93. The Kier molecular flexibility index (Phi) is 5.37. The van der Waals surface area contributed by atoms with Gasteiger partial charge in [0.1, 0.15) is 6.10 Å². The van der Waals surface area contributed by atoms with E-state index in [1.165, 1.54) is 0 Å². The molecule has 0 aromatic heterocycles. The number of halogens is 1. The van der Waals surface area contributed by atoms with Gasteiger partial charge in [-0.2, -0.15) is 0 Å². The summed E-state index contributed by atoms with van der Waals surface area (Å²) in [5.41, 5.74) is 0.791. The van der Waals surface area contributed by atoms with Crippen molar-refractivity contribution in [1.29, 1.82) is 0 Å².